The Morgan fingerprint density at radius 2 is 1.79 bits per heavy atom. The van der Waals surface area contributed by atoms with E-state index in [2.05, 4.69) is 11.7 Å². The number of rotatable bonds is 8. The maximum Gasteiger partial charge on any atom is 0.508 e. The second-order valence-corrected chi connectivity index (χ2v) is 3.39. The van der Waals surface area contributed by atoms with Crippen LogP contribution in [0.25, 0.3) is 0 Å². The molecular formula is C10H20O4. The maximum atomic E-state index is 10.0. The highest BCUT2D eigenvalue weighted by atomic mass is 16.7. The van der Waals surface area contributed by atoms with Crippen LogP contribution < -0.4 is 0 Å². The highest BCUT2D eigenvalue weighted by Crippen LogP contribution is 2.09. The Bertz CT molecular complexity index is 147. The van der Waals surface area contributed by atoms with Gasteiger partial charge in [0.05, 0.1) is 0 Å². The molecule has 0 aromatic heterocycles. The number of aliphatic hydroxyl groups is 1. The molecule has 1 unspecified atom stereocenters. The molecule has 0 heterocycles. The molecule has 4 nitrogen and oxygen atoms in total. The van der Waals surface area contributed by atoms with E-state index in [1.807, 2.05) is 0 Å². The Labute approximate surface area is 84.9 Å². The summed E-state index contributed by atoms with van der Waals surface area (Å²) in [5.74, 6) is 0. The Morgan fingerprint density at radius 3 is 2.36 bits per heavy atom. The first kappa shape index (κ1) is 13.2. The first-order valence-electron chi connectivity index (χ1n) is 5.24. The van der Waals surface area contributed by atoms with Crippen molar-refractivity contribution in [2.24, 2.45) is 0 Å². The van der Waals surface area contributed by atoms with Gasteiger partial charge < -0.3 is 14.9 Å². The highest BCUT2D eigenvalue weighted by molar-refractivity contribution is 5.56. The lowest BCUT2D eigenvalue weighted by molar-refractivity contribution is -0.0754. The number of hydrogen-bond donors (Lipinski definition) is 2. The van der Waals surface area contributed by atoms with Crippen LogP contribution in [0, 0.1) is 0 Å². The van der Waals surface area contributed by atoms with Gasteiger partial charge in [-0.3, -0.25) is 0 Å². The van der Waals surface area contributed by atoms with Gasteiger partial charge in [0, 0.05) is 6.42 Å². The molecule has 0 bridgehead atoms. The first-order valence-corrected chi connectivity index (χ1v) is 5.24. The second kappa shape index (κ2) is 8.81. The summed E-state index contributed by atoms with van der Waals surface area (Å²) in [4.78, 5) is 10.0. The molecular weight excluding hydrogens is 184 g/mol. The molecule has 0 fully saturated rings. The van der Waals surface area contributed by atoms with Gasteiger partial charge in [0.2, 0.25) is 6.29 Å². The average molecular weight is 204 g/mol. The summed E-state index contributed by atoms with van der Waals surface area (Å²) in [5.41, 5.74) is 0. The summed E-state index contributed by atoms with van der Waals surface area (Å²) in [7, 11) is 0. The van der Waals surface area contributed by atoms with Gasteiger partial charge in [0.25, 0.3) is 0 Å². The third-order valence-electron chi connectivity index (χ3n) is 2.04. The zero-order valence-corrected chi connectivity index (χ0v) is 8.74. The van der Waals surface area contributed by atoms with Crippen molar-refractivity contribution in [1.29, 1.82) is 0 Å². The summed E-state index contributed by atoms with van der Waals surface area (Å²) >= 11 is 0. The van der Waals surface area contributed by atoms with Crippen LogP contribution in [0.4, 0.5) is 4.79 Å². The van der Waals surface area contributed by atoms with E-state index in [0.717, 1.165) is 19.3 Å². The predicted molar refractivity (Wildman–Crippen MR) is 53.1 cm³/mol. The Morgan fingerprint density at radius 1 is 1.21 bits per heavy atom. The van der Waals surface area contributed by atoms with Gasteiger partial charge in [-0.1, -0.05) is 39.0 Å². The molecule has 0 amide bonds. The van der Waals surface area contributed by atoms with Crippen molar-refractivity contribution in [3.05, 3.63) is 0 Å². The summed E-state index contributed by atoms with van der Waals surface area (Å²) in [6.45, 7) is 2.16. The number of carboxylic acid groups (broad SMARTS) is 1. The number of carbonyl (C=O) groups is 1. The molecule has 4 heteroatoms. The minimum absolute atomic E-state index is 0.401. The molecule has 0 radical (unpaired) electrons. The van der Waals surface area contributed by atoms with Crippen LogP contribution in [0.15, 0.2) is 0 Å². The van der Waals surface area contributed by atoms with E-state index >= 15 is 0 Å². The van der Waals surface area contributed by atoms with Crippen molar-refractivity contribution >= 4 is 6.16 Å². The summed E-state index contributed by atoms with van der Waals surface area (Å²) in [5, 5.41) is 17.2. The van der Waals surface area contributed by atoms with Crippen molar-refractivity contribution in [3.8, 4) is 0 Å². The molecule has 0 aliphatic rings. The molecule has 1 atom stereocenters. The zero-order chi connectivity index (χ0) is 10.8. The standard InChI is InChI=1S/C10H20O4/c1-2-3-4-5-6-7-8-9(11)14-10(12)13/h9,11H,2-8H2,1H3,(H,12,13). The van der Waals surface area contributed by atoms with Gasteiger partial charge in [-0.15, -0.1) is 0 Å². The maximum absolute atomic E-state index is 10.0. The number of unbranched alkanes of at least 4 members (excludes halogenated alkanes) is 5. The number of ether oxygens (including phenoxy) is 1. The fourth-order valence-electron chi connectivity index (χ4n) is 1.27. The summed E-state index contributed by atoms with van der Waals surface area (Å²) < 4.78 is 4.15. The van der Waals surface area contributed by atoms with Crippen LogP contribution in [0.5, 0.6) is 0 Å². The van der Waals surface area contributed by atoms with Crippen molar-refractivity contribution < 1.29 is 19.7 Å². The second-order valence-electron chi connectivity index (χ2n) is 3.39. The molecule has 0 saturated heterocycles. The van der Waals surface area contributed by atoms with Crippen LogP contribution in [0.1, 0.15) is 51.9 Å². The van der Waals surface area contributed by atoms with Crippen molar-refractivity contribution in [1.82, 2.24) is 0 Å². The van der Waals surface area contributed by atoms with Crippen molar-refractivity contribution in [2.75, 3.05) is 0 Å². The molecule has 0 spiro atoms. The lowest BCUT2D eigenvalue weighted by Crippen LogP contribution is -2.15. The molecule has 0 rings (SSSR count). The minimum Gasteiger partial charge on any atom is -0.450 e. The van der Waals surface area contributed by atoms with Crippen LogP contribution >= 0.6 is 0 Å². The molecule has 0 aliphatic heterocycles. The van der Waals surface area contributed by atoms with Crippen molar-refractivity contribution in [3.63, 3.8) is 0 Å². The van der Waals surface area contributed by atoms with Crippen LogP contribution in [0.3, 0.4) is 0 Å². The molecule has 84 valence electrons. The fourth-order valence-corrected chi connectivity index (χ4v) is 1.27. The largest absolute Gasteiger partial charge is 0.508 e. The third kappa shape index (κ3) is 9.32. The van der Waals surface area contributed by atoms with Crippen LogP contribution in [-0.4, -0.2) is 22.7 Å². The summed E-state index contributed by atoms with van der Waals surface area (Å²) in [6.07, 6.45) is 4.50. The minimum atomic E-state index is -1.41. The lowest BCUT2D eigenvalue weighted by atomic mass is 10.1. The van der Waals surface area contributed by atoms with E-state index in [-0.39, 0.29) is 0 Å². The third-order valence-corrected chi connectivity index (χ3v) is 2.04. The van der Waals surface area contributed by atoms with E-state index in [1.165, 1.54) is 19.3 Å². The smallest absolute Gasteiger partial charge is 0.450 e. The molecule has 0 aromatic carbocycles. The first-order chi connectivity index (χ1) is 6.66. The Hall–Kier alpha value is -0.770. The van der Waals surface area contributed by atoms with E-state index in [4.69, 9.17) is 10.2 Å². The molecule has 0 saturated carbocycles. The van der Waals surface area contributed by atoms with Gasteiger partial charge in [0.1, 0.15) is 0 Å². The van der Waals surface area contributed by atoms with Gasteiger partial charge in [0.15, 0.2) is 0 Å². The SMILES string of the molecule is CCCCCCCCC(O)OC(=O)O. The predicted octanol–water partition coefficient (Wildman–Crippen LogP) is 2.75. The average Bonchev–Trinajstić information content (AvgIpc) is 2.10. The zero-order valence-electron chi connectivity index (χ0n) is 8.74. The van der Waals surface area contributed by atoms with Gasteiger partial charge >= 0.3 is 6.16 Å². The Balaban J connectivity index is 3.14. The van der Waals surface area contributed by atoms with E-state index < -0.39 is 12.4 Å². The fraction of sp³-hybridized carbons (Fsp3) is 0.900. The van der Waals surface area contributed by atoms with Gasteiger partial charge in [-0.2, -0.15) is 0 Å². The van der Waals surface area contributed by atoms with Crippen LogP contribution in [0.2, 0.25) is 0 Å². The highest BCUT2D eigenvalue weighted by Gasteiger charge is 2.07. The van der Waals surface area contributed by atoms with E-state index in [1.54, 1.807) is 0 Å². The van der Waals surface area contributed by atoms with Crippen LogP contribution in [-0.2, 0) is 4.74 Å². The van der Waals surface area contributed by atoms with Crippen molar-refractivity contribution in [2.45, 2.75) is 58.2 Å². The number of aliphatic hydroxyl groups excluding tert-OH is 1. The topological polar surface area (TPSA) is 66.8 Å². The molecule has 0 aromatic rings. The molecule has 2 N–H and O–H groups in total. The van der Waals surface area contributed by atoms with Gasteiger partial charge in [-0.05, 0) is 6.42 Å². The number of hydrogen-bond acceptors (Lipinski definition) is 3. The Kier molecular flexibility index (Phi) is 8.33. The molecule has 0 aliphatic carbocycles. The quantitative estimate of drug-likeness (QED) is 0.362. The van der Waals surface area contributed by atoms with E-state index in [9.17, 15) is 4.79 Å². The monoisotopic (exact) mass is 204 g/mol. The van der Waals surface area contributed by atoms with Gasteiger partial charge in [-0.25, -0.2) is 4.79 Å². The lowest BCUT2D eigenvalue weighted by Gasteiger charge is -2.08. The molecule has 14 heavy (non-hydrogen) atoms. The normalized spacial score (nSPS) is 12.4. The van der Waals surface area contributed by atoms with E-state index in [0.29, 0.717) is 6.42 Å². The summed E-state index contributed by atoms with van der Waals surface area (Å²) in [6, 6.07) is 0.